The molecule has 0 aromatic rings. The van der Waals surface area contributed by atoms with Crippen LogP contribution in [0.25, 0.3) is 0 Å². The molecule has 206 valence electrons. The summed E-state index contributed by atoms with van der Waals surface area (Å²) in [4.78, 5) is 24.7. The average molecular weight is 516 g/mol. The molecule has 0 radical (unpaired) electrons. The monoisotopic (exact) mass is 515 g/mol. The lowest BCUT2D eigenvalue weighted by molar-refractivity contribution is -0.160. The van der Waals surface area contributed by atoms with Gasteiger partial charge in [-0.05, 0) is 92.6 Å². The molecule has 0 amide bonds. The molecule has 0 aliphatic heterocycles. The molecule has 37 heavy (non-hydrogen) atoms. The standard InChI is InChI=1S/C29H45N3O5/c1-15(2)7-6-8-17(26(35)36)23-19-13-20(30)25-27(4)11-10-21(34)24(31)18(27)9-12-29(25,32)28(19,5)14-22(23)37-16(3)33/h6-8,18-22,24-25,34H,9-14,30-32H2,1-5H3,(H,35,36)/b8-6-,23-17-/t18-,19-,20-,21+,22-,24-,25-,27-,28-,29+/m0/s1. The van der Waals surface area contributed by atoms with Crippen LogP contribution in [-0.2, 0) is 14.3 Å². The number of fused-ring (bicyclic) bond motifs is 5. The fraction of sp³-hybridized carbons (Fsp3) is 0.724. The van der Waals surface area contributed by atoms with Crippen molar-refractivity contribution in [2.24, 2.45) is 45.8 Å². The number of aliphatic hydroxyl groups excluding tert-OH is 1. The second-order valence-corrected chi connectivity index (χ2v) is 12.8. The van der Waals surface area contributed by atoms with Crippen LogP contribution < -0.4 is 17.2 Å². The summed E-state index contributed by atoms with van der Waals surface area (Å²) in [5, 5.41) is 20.8. The molecule has 0 spiro atoms. The molecule has 0 saturated heterocycles. The van der Waals surface area contributed by atoms with Gasteiger partial charge in [-0.1, -0.05) is 31.6 Å². The van der Waals surface area contributed by atoms with Gasteiger partial charge in [0.25, 0.3) is 0 Å². The highest BCUT2D eigenvalue weighted by Crippen LogP contribution is 2.69. The zero-order valence-electron chi connectivity index (χ0n) is 22.9. The van der Waals surface area contributed by atoms with Crippen LogP contribution in [0.2, 0.25) is 0 Å². The Morgan fingerprint density at radius 1 is 1.11 bits per heavy atom. The number of carboxylic acids is 1. The Hall–Kier alpha value is -2.00. The van der Waals surface area contributed by atoms with Crippen molar-refractivity contribution in [3.63, 3.8) is 0 Å². The van der Waals surface area contributed by atoms with Crippen LogP contribution in [0.4, 0.5) is 0 Å². The van der Waals surface area contributed by atoms with Crippen LogP contribution in [0, 0.1) is 28.6 Å². The molecule has 0 bridgehead atoms. The molecule has 4 aliphatic rings. The summed E-state index contributed by atoms with van der Waals surface area (Å²) < 4.78 is 5.80. The molecule has 4 saturated carbocycles. The predicted octanol–water partition coefficient (Wildman–Crippen LogP) is 2.79. The van der Waals surface area contributed by atoms with Gasteiger partial charge < -0.3 is 32.2 Å². The summed E-state index contributed by atoms with van der Waals surface area (Å²) in [5.41, 5.74) is 21.4. The van der Waals surface area contributed by atoms with E-state index in [1.54, 1.807) is 12.2 Å². The summed E-state index contributed by atoms with van der Waals surface area (Å²) in [6.07, 6.45) is 7.87. The fourth-order valence-electron chi connectivity index (χ4n) is 8.91. The lowest BCUT2D eigenvalue weighted by atomic mass is 9.39. The summed E-state index contributed by atoms with van der Waals surface area (Å²) >= 11 is 0. The molecule has 0 unspecified atom stereocenters. The van der Waals surface area contributed by atoms with Gasteiger partial charge in [0.05, 0.1) is 11.7 Å². The highest BCUT2D eigenvalue weighted by atomic mass is 16.5. The van der Waals surface area contributed by atoms with E-state index in [4.69, 9.17) is 21.9 Å². The number of ether oxygens (including phenoxy) is 1. The maximum absolute atomic E-state index is 12.6. The molecule has 8 nitrogen and oxygen atoms in total. The van der Waals surface area contributed by atoms with Crippen LogP contribution in [-0.4, -0.2) is 52.0 Å². The molecule has 4 aliphatic carbocycles. The van der Waals surface area contributed by atoms with Gasteiger partial charge in [-0.25, -0.2) is 4.79 Å². The minimum absolute atomic E-state index is 0.0506. The lowest BCUT2D eigenvalue weighted by Crippen LogP contribution is -2.76. The first-order valence-corrected chi connectivity index (χ1v) is 13.6. The van der Waals surface area contributed by atoms with Crippen molar-refractivity contribution >= 4 is 11.9 Å². The fourth-order valence-corrected chi connectivity index (χ4v) is 8.91. The normalized spacial score (nSPS) is 46.5. The third kappa shape index (κ3) is 4.30. The van der Waals surface area contributed by atoms with Gasteiger partial charge in [0.2, 0.25) is 0 Å². The number of carbonyl (C=O) groups excluding carboxylic acids is 1. The summed E-state index contributed by atoms with van der Waals surface area (Å²) in [6.45, 7) is 9.61. The van der Waals surface area contributed by atoms with E-state index in [1.807, 2.05) is 19.9 Å². The number of hydrogen-bond donors (Lipinski definition) is 5. The molecular weight excluding hydrogens is 470 g/mol. The number of allylic oxidation sites excluding steroid dienone is 3. The number of esters is 1. The largest absolute Gasteiger partial charge is 0.478 e. The van der Waals surface area contributed by atoms with Gasteiger partial charge in [0, 0.05) is 24.5 Å². The van der Waals surface area contributed by atoms with Crippen LogP contribution in [0.5, 0.6) is 0 Å². The topological polar surface area (TPSA) is 162 Å². The van der Waals surface area contributed by atoms with Crippen molar-refractivity contribution in [3.8, 4) is 0 Å². The third-order valence-corrected chi connectivity index (χ3v) is 10.5. The average Bonchev–Trinajstić information content (AvgIpc) is 3.05. The Morgan fingerprint density at radius 2 is 1.78 bits per heavy atom. The van der Waals surface area contributed by atoms with Crippen molar-refractivity contribution in [3.05, 3.63) is 34.9 Å². The maximum atomic E-state index is 12.6. The number of carbonyl (C=O) groups is 2. The third-order valence-electron chi connectivity index (χ3n) is 10.5. The maximum Gasteiger partial charge on any atom is 0.335 e. The van der Waals surface area contributed by atoms with E-state index < -0.39 is 35.1 Å². The summed E-state index contributed by atoms with van der Waals surface area (Å²) in [5.74, 6) is -1.67. The second-order valence-electron chi connectivity index (χ2n) is 12.8. The minimum atomic E-state index is -1.06. The number of carboxylic acid groups (broad SMARTS) is 1. The second kappa shape index (κ2) is 9.63. The van der Waals surface area contributed by atoms with Crippen molar-refractivity contribution < 1.29 is 24.5 Å². The van der Waals surface area contributed by atoms with Gasteiger partial charge in [-0.2, -0.15) is 0 Å². The van der Waals surface area contributed by atoms with Crippen LogP contribution in [0.15, 0.2) is 34.9 Å². The van der Waals surface area contributed by atoms with E-state index in [9.17, 15) is 19.8 Å². The minimum Gasteiger partial charge on any atom is -0.478 e. The molecule has 0 aromatic heterocycles. The van der Waals surface area contributed by atoms with E-state index in [-0.39, 0.29) is 40.8 Å². The smallest absolute Gasteiger partial charge is 0.335 e. The Kier molecular flexibility index (Phi) is 7.29. The number of hydrogen-bond acceptors (Lipinski definition) is 7. The van der Waals surface area contributed by atoms with Crippen molar-refractivity contribution in [1.29, 1.82) is 0 Å². The summed E-state index contributed by atoms with van der Waals surface area (Å²) in [6, 6.07) is -0.589. The molecule has 0 heterocycles. The summed E-state index contributed by atoms with van der Waals surface area (Å²) in [7, 11) is 0. The van der Waals surface area contributed by atoms with Gasteiger partial charge in [0.15, 0.2) is 0 Å². The van der Waals surface area contributed by atoms with E-state index >= 15 is 0 Å². The SMILES string of the molecule is CC(=O)O[C@H]1C[C@@]2(C)[C@@H](C[C@H](N)[C@H]3[C@@]4(C)CC[C@@H](O)[C@@H](N)[C@@H]4CC[C@@]32N)/C1=C(\C=C/C=C(C)C)C(=O)O. The number of rotatable bonds is 4. The molecule has 4 fully saturated rings. The Balaban J connectivity index is 1.86. The Morgan fingerprint density at radius 3 is 2.38 bits per heavy atom. The highest BCUT2D eigenvalue weighted by Gasteiger charge is 2.71. The van der Waals surface area contributed by atoms with Gasteiger partial charge in [0.1, 0.15) is 6.10 Å². The van der Waals surface area contributed by atoms with Crippen LogP contribution >= 0.6 is 0 Å². The van der Waals surface area contributed by atoms with E-state index in [0.717, 1.165) is 18.4 Å². The van der Waals surface area contributed by atoms with Crippen molar-refractivity contribution in [2.75, 3.05) is 0 Å². The molecular formula is C29H45N3O5. The number of aliphatic hydroxyl groups is 1. The van der Waals surface area contributed by atoms with Crippen LogP contribution in [0.1, 0.15) is 73.1 Å². The van der Waals surface area contributed by atoms with E-state index in [0.29, 0.717) is 31.3 Å². The first-order valence-electron chi connectivity index (χ1n) is 13.6. The highest BCUT2D eigenvalue weighted by molar-refractivity contribution is 5.91. The van der Waals surface area contributed by atoms with E-state index in [2.05, 4.69) is 13.8 Å². The van der Waals surface area contributed by atoms with Crippen molar-refractivity contribution in [1.82, 2.24) is 0 Å². The predicted molar refractivity (Wildman–Crippen MR) is 142 cm³/mol. The number of aliphatic carboxylic acids is 1. The van der Waals surface area contributed by atoms with Gasteiger partial charge in [-0.3, -0.25) is 4.79 Å². The van der Waals surface area contributed by atoms with Gasteiger partial charge in [-0.15, -0.1) is 0 Å². The Bertz CT molecular complexity index is 1050. The molecule has 10 atom stereocenters. The Labute approximate surface area is 220 Å². The molecule has 8 N–H and O–H groups in total. The van der Waals surface area contributed by atoms with Crippen LogP contribution in [0.3, 0.4) is 0 Å². The molecule has 8 heteroatoms. The number of nitrogens with two attached hydrogens (primary N) is 3. The van der Waals surface area contributed by atoms with Crippen molar-refractivity contribution in [2.45, 2.75) is 103 Å². The van der Waals surface area contributed by atoms with Gasteiger partial charge >= 0.3 is 11.9 Å². The first kappa shape index (κ1) is 28.0. The first-order chi connectivity index (χ1) is 17.2. The quantitative estimate of drug-likeness (QED) is 0.217. The van der Waals surface area contributed by atoms with E-state index in [1.165, 1.54) is 6.92 Å². The zero-order chi connectivity index (χ0) is 27.5. The zero-order valence-corrected chi connectivity index (χ0v) is 22.9. The molecule has 4 rings (SSSR count). The molecule has 0 aromatic carbocycles. The lowest BCUT2D eigenvalue weighted by Gasteiger charge is -2.68.